The number of halogens is 1. The fraction of sp³-hybridized carbons (Fsp3) is 0.286. The fourth-order valence-electron chi connectivity index (χ4n) is 3.21. The molecule has 0 saturated carbocycles. The summed E-state index contributed by atoms with van der Waals surface area (Å²) in [6.45, 7) is 2.66. The summed E-state index contributed by atoms with van der Waals surface area (Å²) < 4.78 is 29.7. The number of methoxy groups -OCH3 is 3. The van der Waals surface area contributed by atoms with Crippen molar-refractivity contribution in [2.45, 2.75) is 13.5 Å². The highest BCUT2D eigenvalue weighted by atomic mass is 19.1. The number of aromatic nitrogens is 1. The molecule has 3 aromatic rings. The maximum Gasteiger partial charge on any atom is 0.270 e. The van der Waals surface area contributed by atoms with Gasteiger partial charge in [0, 0.05) is 24.5 Å². The summed E-state index contributed by atoms with van der Waals surface area (Å²) in [6, 6.07) is 9.68. The minimum Gasteiger partial charge on any atom is -0.496 e. The van der Waals surface area contributed by atoms with Crippen LogP contribution in [0.25, 0.3) is 10.9 Å². The van der Waals surface area contributed by atoms with E-state index in [1.54, 1.807) is 36.3 Å². The number of carbonyl (C=O) groups excluding carboxylic acids is 1. The number of carbonyl (C=O) groups is 1. The standard InChI is InChI=1S/C21H23FN2O4/c1-5-24(12-13-7-6-8-14(22)9-13)21(25)16-10-15-17(26-2)11-18(27-3)20(28-4)19(15)23-16/h6-11,23H,5,12H2,1-4H3. The van der Waals surface area contributed by atoms with Gasteiger partial charge in [-0.1, -0.05) is 12.1 Å². The third-order valence-corrected chi connectivity index (χ3v) is 4.60. The summed E-state index contributed by atoms with van der Waals surface area (Å²) in [5.41, 5.74) is 1.73. The minimum absolute atomic E-state index is 0.203. The number of hydrogen-bond acceptors (Lipinski definition) is 4. The molecule has 0 unspecified atom stereocenters. The molecule has 3 rings (SSSR count). The summed E-state index contributed by atoms with van der Waals surface area (Å²) in [5.74, 6) is 1.03. The average Bonchev–Trinajstić information content (AvgIpc) is 3.15. The lowest BCUT2D eigenvalue weighted by atomic mass is 10.2. The predicted octanol–water partition coefficient (Wildman–Crippen LogP) is 4.00. The lowest BCUT2D eigenvalue weighted by molar-refractivity contribution is 0.0747. The Morgan fingerprint density at radius 2 is 1.82 bits per heavy atom. The molecule has 7 heteroatoms. The molecule has 0 aliphatic carbocycles. The van der Waals surface area contributed by atoms with Crippen molar-refractivity contribution in [3.05, 3.63) is 53.5 Å². The summed E-state index contributed by atoms with van der Waals surface area (Å²) in [5, 5.41) is 0.713. The second-order valence-electron chi connectivity index (χ2n) is 6.24. The molecule has 1 aromatic heterocycles. The highest BCUT2D eigenvalue weighted by Crippen LogP contribution is 2.41. The Labute approximate surface area is 162 Å². The van der Waals surface area contributed by atoms with Crippen molar-refractivity contribution in [1.82, 2.24) is 9.88 Å². The summed E-state index contributed by atoms with van der Waals surface area (Å²) >= 11 is 0. The van der Waals surface area contributed by atoms with Gasteiger partial charge in [-0.2, -0.15) is 0 Å². The molecule has 28 heavy (non-hydrogen) atoms. The lowest BCUT2D eigenvalue weighted by Gasteiger charge is -2.20. The van der Waals surface area contributed by atoms with Gasteiger partial charge in [-0.15, -0.1) is 0 Å². The Bertz CT molecular complexity index is 999. The molecule has 148 valence electrons. The molecule has 0 bridgehead atoms. The fourth-order valence-corrected chi connectivity index (χ4v) is 3.21. The van der Waals surface area contributed by atoms with E-state index >= 15 is 0 Å². The van der Waals surface area contributed by atoms with Gasteiger partial charge in [-0.25, -0.2) is 4.39 Å². The van der Waals surface area contributed by atoms with Crippen molar-refractivity contribution in [2.75, 3.05) is 27.9 Å². The van der Waals surface area contributed by atoms with Crippen LogP contribution in [0.5, 0.6) is 17.2 Å². The highest BCUT2D eigenvalue weighted by molar-refractivity contribution is 6.02. The number of rotatable bonds is 7. The Morgan fingerprint density at radius 3 is 2.43 bits per heavy atom. The second-order valence-corrected chi connectivity index (χ2v) is 6.24. The number of ether oxygens (including phenoxy) is 3. The number of H-pyrrole nitrogens is 1. The number of aromatic amines is 1. The van der Waals surface area contributed by atoms with Crippen LogP contribution in [0.3, 0.4) is 0 Å². The average molecular weight is 386 g/mol. The van der Waals surface area contributed by atoms with E-state index in [0.29, 0.717) is 46.9 Å². The van der Waals surface area contributed by atoms with E-state index in [9.17, 15) is 9.18 Å². The van der Waals surface area contributed by atoms with E-state index in [1.807, 2.05) is 6.92 Å². The maximum atomic E-state index is 13.5. The van der Waals surface area contributed by atoms with Gasteiger partial charge < -0.3 is 24.1 Å². The Morgan fingerprint density at radius 1 is 1.07 bits per heavy atom. The zero-order valence-corrected chi connectivity index (χ0v) is 16.3. The number of fused-ring (bicyclic) bond motifs is 1. The first-order chi connectivity index (χ1) is 13.5. The Kier molecular flexibility index (Phi) is 5.73. The third-order valence-electron chi connectivity index (χ3n) is 4.60. The second kappa shape index (κ2) is 8.21. The van der Waals surface area contributed by atoms with Crippen molar-refractivity contribution < 1.29 is 23.4 Å². The molecule has 1 heterocycles. The number of hydrogen-bond donors (Lipinski definition) is 1. The van der Waals surface area contributed by atoms with Gasteiger partial charge in [-0.3, -0.25) is 4.79 Å². The topological polar surface area (TPSA) is 63.8 Å². The lowest BCUT2D eigenvalue weighted by Crippen LogP contribution is -2.30. The van der Waals surface area contributed by atoms with Gasteiger partial charge in [0.1, 0.15) is 17.3 Å². The zero-order valence-electron chi connectivity index (χ0n) is 16.3. The van der Waals surface area contributed by atoms with Crippen LogP contribution in [0, 0.1) is 5.82 Å². The van der Waals surface area contributed by atoms with Gasteiger partial charge in [0.2, 0.25) is 0 Å². The summed E-state index contributed by atoms with van der Waals surface area (Å²) in [6.07, 6.45) is 0. The number of benzene rings is 2. The normalized spacial score (nSPS) is 10.8. The molecule has 1 amide bonds. The maximum absolute atomic E-state index is 13.5. The van der Waals surface area contributed by atoms with Crippen molar-refractivity contribution in [3.8, 4) is 17.2 Å². The van der Waals surface area contributed by atoms with Gasteiger partial charge in [0.15, 0.2) is 11.5 Å². The smallest absolute Gasteiger partial charge is 0.270 e. The van der Waals surface area contributed by atoms with Crippen LogP contribution >= 0.6 is 0 Å². The summed E-state index contributed by atoms with van der Waals surface area (Å²) in [4.78, 5) is 17.8. The Balaban J connectivity index is 2.00. The van der Waals surface area contributed by atoms with Crippen LogP contribution in [0.1, 0.15) is 23.0 Å². The molecule has 2 aromatic carbocycles. The molecule has 0 saturated heterocycles. The van der Waals surface area contributed by atoms with Crippen LogP contribution in [-0.2, 0) is 6.54 Å². The molecule has 0 spiro atoms. The van der Waals surface area contributed by atoms with Crippen molar-refractivity contribution in [1.29, 1.82) is 0 Å². The quantitative estimate of drug-likeness (QED) is 0.667. The van der Waals surface area contributed by atoms with E-state index in [2.05, 4.69) is 4.98 Å². The molecule has 0 radical (unpaired) electrons. The zero-order chi connectivity index (χ0) is 20.3. The Hall–Kier alpha value is -3.22. The van der Waals surface area contributed by atoms with E-state index in [0.717, 1.165) is 5.56 Å². The third kappa shape index (κ3) is 3.60. The van der Waals surface area contributed by atoms with Crippen molar-refractivity contribution in [3.63, 3.8) is 0 Å². The first kappa shape index (κ1) is 19.5. The van der Waals surface area contributed by atoms with E-state index in [-0.39, 0.29) is 11.7 Å². The van der Waals surface area contributed by atoms with E-state index in [1.165, 1.54) is 26.4 Å². The van der Waals surface area contributed by atoms with Crippen LogP contribution in [0.4, 0.5) is 4.39 Å². The van der Waals surface area contributed by atoms with Gasteiger partial charge in [0.25, 0.3) is 5.91 Å². The van der Waals surface area contributed by atoms with Crippen LogP contribution < -0.4 is 14.2 Å². The van der Waals surface area contributed by atoms with E-state index in [4.69, 9.17) is 14.2 Å². The van der Waals surface area contributed by atoms with Gasteiger partial charge in [-0.05, 0) is 30.7 Å². The number of amides is 1. The van der Waals surface area contributed by atoms with Crippen molar-refractivity contribution >= 4 is 16.8 Å². The van der Waals surface area contributed by atoms with Crippen LogP contribution in [0.15, 0.2) is 36.4 Å². The molecular formula is C21H23FN2O4. The van der Waals surface area contributed by atoms with Gasteiger partial charge >= 0.3 is 0 Å². The first-order valence-electron chi connectivity index (χ1n) is 8.87. The largest absolute Gasteiger partial charge is 0.496 e. The molecule has 0 aliphatic rings. The first-order valence-corrected chi connectivity index (χ1v) is 8.87. The van der Waals surface area contributed by atoms with E-state index < -0.39 is 0 Å². The molecular weight excluding hydrogens is 363 g/mol. The SMILES string of the molecule is CCN(Cc1cccc(F)c1)C(=O)c1cc2c(OC)cc(OC)c(OC)c2[nH]1. The monoisotopic (exact) mass is 386 g/mol. The number of nitrogens with zero attached hydrogens (tertiary/aromatic N) is 1. The minimum atomic E-state index is -0.326. The van der Waals surface area contributed by atoms with Crippen LogP contribution in [0.2, 0.25) is 0 Å². The molecule has 0 fully saturated rings. The molecule has 0 aliphatic heterocycles. The van der Waals surface area contributed by atoms with Crippen LogP contribution in [-0.4, -0.2) is 43.7 Å². The molecule has 6 nitrogen and oxygen atoms in total. The molecule has 1 N–H and O–H groups in total. The predicted molar refractivity (Wildman–Crippen MR) is 105 cm³/mol. The number of nitrogens with one attached hydrogen (secondary N) is 1. The summed E-state index contributed by atoms with van der Waals surface area (Å²) in [7, 11) is 4.63. The molecule has 0 atom stereocenters. The highest BCUT2D eigenvalue weighted by Gasteiger charge is 2.22. The van der Waals surface area contributed by atoms with Crippen molar-refractivity contribution in [2.24, 2.45) is 0 Å². The van der Waals surface area contributed by atoms with Gasteiger partial charge in [0.05, 0.1) is 26.8 Å².